The van der Waals surface area contributed by atoms with Gasteiger partial charge < -0.3 is 4.74 Å². The highest BCUT2D eigenvalue weighted by Gasteiger charge is 2.23. The van der Waals surface area contributed by atoms with E-state index in [2.05, 4.69) is 10.5 Å². The van der Waals surface area contributed by atoms with Crippen LogP contribution in [0.25, 0.3) is 15.9 Å². The van der Waals surface area contributed by atoms with Crippen molar-refractivity contribution in [1.29, 1.82) is 0 Å². The average molecular weight is 519 g/mol. The Morgan fingerprint density at radius 1 is 1.14 bits per heavy atom. The summed E-state index contributed by atoms with van der Waals surface area (Å²) in [6.07, 6.45) is 4.15. The summed E-state index contributed by atoms with van der Waals surface area (Å²) >= 11 is 2.85. The standard InChI is InChI=1S/C27H26N4O3S2/c1-17(18-12-14-20(34-2)15-13-18)29-30-23(32)16-35-27-28-25-24(21-10-6-7-11-22(21)36-25)26(33)31(27)19-8-4-3-5-9-19/h3-5,8-9,12-15H,6-7,10-11,16H2,1-2H3,(H,30,32)/b29-17-. The number of benzene rings is 2. The topological polar surface area (TPSA) is 85.6 Å². The summed E-state index contributed by atoms with van der Waals surface area (Å²) in [7, 11) is 1.62. The Labute approximate surface area is 217 Å². The van der Waals surface area contributed by atoms with E-state index in [1.807, 2.05) is 61.5 Å². The zero-order chi connectivity index (χ0) is 25.1. The van der Waals surface area contributed by atoms with Crippen LogP contribution in [-0.2, 0) is 17.6 Å². The molecule has 2 aromatic heterocycles. The molecule has 5 rings (SSSR count). The monoisotopic (exact) mass is 518 g/mol. The van der Waals surface area contributed by atoms with E-state index in [9.17, 15) is 9.59 Å². The van der Waals surface area contributed by atoms with E-state index in [4.69, 9.17) is 9.72 Å². The summed E-state index contributed by atoms with van der Waals surface area (Å²) in [4.78, 5) is 33.3. The Morgan fingerprint density at radius 3 is 2.64 bits per heavy atom. The summed E-state index contributed by atoms with van der Waals surface area (Å²) in [5.41, 5.74) is 6.01. The number of aromatic nitrogens is 2. The lowest BCUT2D eigenvalue weighted by Gasteiger charge is -2.13. The van der Waals surface area contributed by atoms with E-state index < -0.39 is 0 Å². The van der Waals surface area contributed by atoms with Crippen molar-refractivity contribution in [2.45, 2.75) is 37.8 Å². The largest absolute Gasteiger partial charge is 0.497 e. The molecule has 1 N–H and O–H groups in total. The van der Waals surface area contributed by atoms with Crippen LogP contribution >= 0.6 is 23.1 Å². The van der Waals surface area contributed by atoms with Gasteiger partial charge in [-0.05, 0) is 80.1 Å². The van der Waals surface area contributed by atoms with Crippen molar-refractivity contribution >= 4 is 44.9 Å². The van der Waals surface area contributed by atoms with Crippen molar-refractivity contribution in [3.63, 3.8) is 0 Å². The number of hydrazone groups is 1. The van der Waals surface area contributed by atoms with E-state index in [1.54, 1.807) is 23.0 Å². The van der Waals surface area contributed by atoms with Gasteiger partial charge in [0, 0.05) is 4.88 Å². The number of nitrogens with one attached hydrogen (secondary N) is 1. The van der Waals surface area contributed by atoms with Gasteiger partial charge in [-0.1, -0.05) is 30.0 Å². The third-order valence-electron chi connectivity index (χ3n) is 6.16. The van der Waals surface area contributed by atoms with Gasteiger partial charge in [0.1, 0.15) is 10.6 Å². The van der Waals surface area contributed by atoms with Crippen LogP contribution in [0.4, 0.5) is 0 Å². The number of hydrogen-bond donors (Lipinski definition) is 1. The number of thioether (sulfide) groups is 1. The Bertz CT molecular complexity index is 1490. The van der Waals surface area contributed by atoms with Gasteiger partial charge in [0.25, 0.3) is 11.5 Å². The summed E-state index contributed by atoms with van der Waals surface area (Å²) in [6, 6.07) is 16.9. The van der Waals surface area contributed by atoms with Gasteiger partial charge >= 0.3 is 0 Å². The zero-order valence-electron chi connectivity index (χ0n) is 20.1. The number of amides is 1. The number of hydrogen-bond acceptors (Lipinski definition) is 7. The van der Waals surface area contributed by atoms with Crippen LogP contribution in [0.1, 0.15) is 35.8 Å². The summed E-state index contributed by atoms with van der Waals surface area (Å²) in [6.45, 7) is 1.83. The molecule has 0 saturated carbocycles. The van der Waals surface area contributed by atoms with Gasteiger partial charge in [-0.15, -0.1) is 11.3 Å². The van der Waals surface area contributed by atoms with Crippen LogP contribution in [0.15, 0.2) is 69.6 Å². The number of carbonyl (C=O) groups is 1. The van der Waals surface area contributed by atoms with Crippen molar-refractivity contribution in [2.24, 2.45) is 5.10 Å². The van der Waals surface area contributed by atoms with E-state index in [0.717, 1.165) is 58.5 Å². The normalized spacial score (nSPS) is 13.4. The lowest BCUT2D eigenvalue weighted by atomic mass is 9.97. The second-order valence-corrected chi connectivity index (χ2v) is 10.5. The molecule has 184 valence electrons. The molecule has 2 heterocycles. The minimum Gasteiger partial charge on any atom is -0.497 e. The van der Waals surface area contributed by atoms with E-state index in [0.29, 0.717) is 10.9 Å². The molecule has 0 spiro atoms. The molecule has 9 heteroatoms. The molecule has 0 radical (unpaired) electrons. The Morgan fingerprint density at radius 2 is 1.89 bits per heavy atom. The first kappa shape index (κ1) is 24.3. The molecule has 0 saturated heterocycles. The van der Waals surface area contributed by atoms with Gasteiger partial charge in [-0.25, -0.2) is 10.4 Å². The maximum Gasteiger partial charge on any atom is 0.267 e. The average Bonchev–Trinajstić information content (AvgIpc) is 3.30. The predicted molar refractivity (Wildman–Crippen MR) is 146 cm³/mol. The van der Waals surface area contributed by atoms with Crippen LogP contribution in [0, 0.1) is 0 Å². The van der Waals surface area contributed by atoms with Gasteiger partial charge in [0.15, 0.2) is 5.16 Å². The molecular weight excluding hydrogens is 492 g/mol. The molecule has 1 amide bonds. The van der Waals surface area contributed by atoms with Gasteiger partial charge in [0.2, 0.25) is 0 Å². The number of nitrogens with zero attached hydrogens (tertiary/aromatic N) is 3. The molecule has 4 aromatic rings. The molecule has 1 aliphatic carbocycles. The first-order valence-corrected chi connectivity index (χ1v) is 13.6. The van der Waals surface area contributed by atoms with Crippen LogP contribution in [0.2, 0.25) is 0 Å². The smallest absolute Gasteiger partial charge is 0.267 e. The maximum absolute atomic E-state index is 13.7. The van der Waals surface area contributed by atoms with Gasteiger partial charge in [-0.2, -0.15) is 5.10 Å². The molecule has 2 aromatic carbocycles. The highest BCUT2D eigenvalue weighted by Crippen LogP contribution is 2.35. The number of methoxy groups -OCH3 is 1. The van der Waals surface area contributed by atoms with Crippen molar-refractivity contribution in [3.05, 3.63) is 81.0 Å². The number of aryl methyl sites for hydroxylation is 2. The molecular formula is C27H26N4O3S2. The number of fused-ring (bicyclic) bond motifs is 3. The molecule has 0 atom stereocenters. The molecule has 0 bridgehead atoms. The Balaban J connectivity index is 1.40. The zero-order valence-corrected chi connectivity index (χ0v) is 21.7. The minimum atomic E-state index is -0.271. The number of rotatable bonds is 7. The predicted octanol–water partition coefficient (Wildman–Crippen LogP) is 4.97. The minimum absolute atomic E-state index is 0.0677. The highest BCUT2D eigenvalue weighted by atomic mass is 32.2. The van der Waals surface area contributed by atoms with Crippen molar-refractivity contribution in [2.75, 3.05) is 12.9 Å². The first-order valence-electron chi connectivity index (χ1n) is 11.8. The number of carbonyl (C=O) groups excluding carboxylic acids is 1. The lowest BCUT2D eigenvalue weighted by molar-refractivity contribution is -0.118. The molecule has 0 aliphatic heterocycles. The molecule has 0 unspecified atom stereocenters. The van der Waals surface area contributed by atoms with Gasteiger partial charge in [-0.3, -0.25) is 14.2 Å². The van der Waals surface area contributed by atoms with Crippen LogP contribution in [0.5, 0.6) is 5.75 Å². The fraction of sp³-hybridized carbons (Fsp3) is 0.259. The molecule has 7 nitrogen and oxygen atoms in total. The lowest BCUT2D eigenvalue weighted by Crippen LogP contribution is -2.24. The third-order valence-corrected chi connectivity index (χ3v) is 8.29. The fourth-order valence-electron chi connectivity index (χ4n) is 4.29. The SMILES string of the molecule is COc1ccc(/C(C)=N\NC(=O)CSc2nc3sc4c(c3c(=O)n2-c2ccccc2)CCCC4)cc1. The molecule has 1 aliphatic rings. The second kappa shape index (κ2) is 10.7. The third kappa shape index (κ3) is 4.94. The highest BCUT2D eigenvalue weighted by molar-refractivity contribution is 7.99. The maximum atomic E-state index is 13.7. The van der Waals surface area contributed by atoms with E-state index in [-0.39, 0.29) is 17.2 Å². The van der Waals surface area contributed by atoms with Gasteiger partial charge in [0.05, 0.1) is 29.6 Å². The van der Waals surface area contributed by atoms with E-state index >= 15 is 0 Å². The number of thiophene rings is 1. The quantitative estimate of drug-likeness (QED) is 0.162. The molecule has 36 heavy (non-hydrogen) atoms. The van der Waals surface area contributed by atoms with Crippen molar-refractivity contribution in [3.8, 4) is 11.4 Å². The summed E-state index contributed by atoms with van der Waals surface area (Å²) in [5, 5.41) is 5.46. The van der Waals surface area contributed by atoms with Crippen molar-refractivity contribution in [1.82, 2.24) is 15.0 Å². The van der Waals surface area contributed by atoms with Crippen LogP contribution in [0.3, 0.4) is 0 Å². The summed E-state index contributed by atoms with van der Waals surface area (Å²) < 4.78 is 6.81. The first-order chi connectivity index (χ1) is 17.5. The van der Waals surface area contributed by atoms with Crippen molar-refractivity contribution < 1.29 is 9.53 Å². The fourth-order valence-corrected chi connectivity index (χ4v) is 6.40. The number of ether oxygens (including phenoxy) is 1. The van der Waals surface area contributed by atoms with Crippen LogP contribution in [-0.4, -0.2) is 34.0 Å². The second-order valence-electron chi connectivity index (χ2n) is 8.51. The number of para-hydroxylation sites is 1. The Kier molecular flexibility index (Phi) is 7.20. The summed E-state index contributed by atoms with van der Waals surface area (Å²) in [5.74, 6) is 0.565. The molecule has 0 fully saturated rings. The van der Waals surface area contributed by atoms with E-state index in [1.165, 1.54) is 16.6 Å². The van der Waals surface area contributed by atoms with Crippen LogP contribution < -0.4 is 15.7 Å². The Hall–Kier alpha value is -3.43.